The van der Waals surface area contributed by atoms with E-state index in [2.05, 4.69) is 15.5 Å². The van der Waals surface area contributed by atoms with Gasteiger partial charge in [-0.25, -0.2) is 4.79 Å². The van der Waals surface area contributed by atoms with Crippen molar-refractivity contribution in [3.8, 4) is 0 Å². The Morgan fingerprint density at radius 2 is 1.86 bits per heavy atom. The maximum Gasteiger partial charge on any atom is 0.315 e. The van der Waals surface area contributed by atoms with Crippen LogP contribution in [0.25, 0.3) is 0 Å². The first-order chi connectivity index (χ1) is 10.6. The molecule has 122 valence electrons. The molecule has 0 saturated carbocycles. The number of amides is 2. The van der Waals surface area contributed by atoms with Gasteiger partial charge in [0.15, 0.2) is 0 Å². The summed E-state index contributed by atoms with van der Waals surface area (Å²) in [6.07, 6.45) is 1.81. The second-order valence-electron chi connectivity index (χ2n) is 5.45. The molecule has 3 N–H and O–H groups in total. The molecule has 0 atom stereocenters. The predicted molar refractivity (Wildman–Crippen MR) is 88.4 cm³/mol. The van der Waals surface area contributed by atoms with Gasteiger partial charge in [-0.2, -0.15) is 0 Å². The van der Waals surface area contributed by atoms with E-state index in [0.29, 0.717) is 10.0 Å². The lowest BCUT2D eigenvalue weighted by Gasteiger charge is -2.32. The fraction of sp³-hybridized carbons (Fsp3) is 0.533. The quantitative estimate of drug-likeness (QED) is 0.766. The highest BCUT2D eigenvalue weighted by Crippen LogP contribution is 2.21. The van der Waals surface area contributed by atoms with Crippen molar-refractivity contribution in [3.05, 3.63) is 33.8 Å². The van der Waals surface area contributed by atoms with Gasteiger partial charge in [-0.05, 0) is 36.6 Å². The molecule has 0 bridgehead atoms. The van der Waals surface area contributed by atoms with Crippen LogP contribution in [0, 0.1) is 0 Å². The van der Waals surface area contributed by atoms with Crippen molar-refractivity contribution in [2.75, 3.05) is 26.2 Å². The van der Waals surface area contributed by atoms with Gasteiger partial charge in [-0.1, -0.05) is 23.2 Å². The van der Waals surface area contributed by atoms with Crippen LogP contribution < -0.4 is 10.6 Å². The minimum atomic E-state index is -0.214. The molecule has 2 amide bonds. The van der Waals surface area contributed by atoms with Gasteiger partial charge in [0.2, 0.25) is 0 Å². The Hall–Kier alpha value is -1.01. The lowest BCUT2D eigenvalue weighted by molar-refractivity contribution is 0.185. The summed E-state index contributed by atoms with van der Waals surface area (Å²) >= 11 is 12.0. The van der Waals surface area contributed by atoms with Crippen LogP contribution in [0.3, 0.4) is 0 Å². The summed E-state index contributed by atoms with van der Waals surface area (Å²) in [6.45, 7) is 2.86. The molecular formula is C15H21Cl2N3O2. The number of nitrogens with zero attached hydrogens (tertiary/aromatic N) is 1. The van der Waals surface area contributed by atoms with Crippen molar-refractivity contribution in [1.82, 2.24) is 15.5 Å². The lowest BCUT2D eigenvalue weighted by atomic mass is 10.0. The molecule has 1 aromatic carbocycles. The molecular weight excluding hydrogens is 325 g/mol. The van der Waals surface area contributed by atoms with Crippen molar-refractivity contribution in [2.45, 2.75) is 25.4 Å². The van der Waals surface area contributed by atoms with Crippen molar-refractivity contribution < 1.29 is 9.90 Å². The third-order valence-electron chi connectivity index (χ3n) is 3.65. The lowest BCUT2D eigenvalue weighted by Crippen LogP contribution is -2.48. The second-order valence-corrected chi connectivity index (χ2v) is 6.32. The molecule has 2 rings (SSSR count). The van der Waals surface area contributed by atoms with Gasteiger partial charge < -0.3 is 15.7 Å². The first-order valence-electron chi connectivity index (χ1n) is 7.39. The van der Waals surface area contributed by atoms with E-state index >= 15 is 0 Å². The number of nitrogens with one attached hydrogen (secondary N) is 2. The van der Waals surface area contributed by atoms with E-state index < -0.39 is 0 Å². The summed E-state index contributed by atoms with van der Waals surface area (Å²) in [4.78, 5) is 13.9. The molecule has 0 spiro atoms. The third kappa shape index (κ3) is 5.65. The summed E-state index contributed by atoms with van der Waals surface area (Å²) in [7, 11) is 0. The van der Waals surface area contributed by atoms with Crippen LogP contribution in [0.15, 0.2) is 18.2 Å². The standard InChI is InChI=1S/C15H21Cl2N3O2/c16-12-7-11(8-13(17)9-12)10-20-4-1-14(2-5-20)19-15(22)18-3-6-21/h7-9,14,21H,1-6,10H2,(H2,18,19,22). The van der Waals surface area contributed by atoms with Crippen molar-refractivity contribution in [1.29, 1.82) is 0 Å². The minimum absolute atomic E-state index is 0.0476. The van der Waals surface area contributed by atoms with Gasteiger partial charge in [0, 0.05) is 42.3 Å². The molecule has 1 aromatic rings. The number of aliphatic hydroxyl groups excluding tert-OH is 1. The molecule has 22 heavy (non-hydrogen) atoms. The first-order valence-corrected chi connectivity index (χ1v) is 8.15. The van der Waals surface area contributed by atoms with E-state index in [1.54, 1.807) is 6.07 Å². The largest absolute Gasteiger partial charge is 0.395 e. The van der Waals surface area contributed by atoms with E-state index in [-0.39, 0.29) is 25.2 Å². The highest BCUT2D eigenvalue weighted by molar-refractivity contribution is 6.34. The Labute approximate surface area is 140 Å². The normalized spacial score (nSPS) is 16.5. The topological polar surface area (TPSA) is 64.6 Å². The van der Waals surface area contributed by atoms with Gasteiger partial charge in [-0.3, -0.25) is 4.90 Å². The molecule has 0 radical (unpaired) electrons. The zero-order valence-electron chi connectivity index (χ0n) is 12.3. The van der Waals surface area contributed by atoms with Crippen LogP contribution in [0.4, 0.5) is 4.79 Å². The number of urea groups is 1. The minimum Gasteiger partial charge on any atom is -0.395 e. The summed E-state index contributed by atoms with van der Waals surface area (Å²) in [6, 6.07) is 5.56. The maximum absolute atomic E-state index is 11.5. The van der Waals surface area contributed by atoms with Gasteiger partial charge >= 0.3 is 6.03 Å². The van der Waals surface area contributed by atoms with Crippen LogP contribution in [0.5, 0.6) is 0 Å². The summed E-state index contributed by atoms with van der Waals surface area (Å²) in [5.41, 5.74) is 1.10. The van der Waals surface area contributed by atoms with Crippen LogP contribution in [0.2, 0.25) is 10.0 Å². The second kappa shape index (κ2) is 8.58. The van der Waals surface area contributed by atoms with Gasteiger partial charge in [0.1, 0.15) is 0 Å². The molecule has 0 aromatic heterocycles. The average molecular weight is 346 g/mol. The summed E-state index contributed by atoms with van der Waals surface area (Å²) in [5.74, 6) is 0. The number of rotatable bonds is 5. The molecule has 1 heterocycles. The van der Waals surface area contributed by atoms with E-state index in [1.807, 2.05) is 12.1 Å². The summed E-state index contributed by atoms with van der Waals surface area (Å²) in [5, 5.41) is 15.5. The molecule has 7 heteroatoms. The van der Waals surface area contributed by atoms with E-state index in [1.165, 1.54) is 0 Å². The number of likely N-dealkylation sites (tertiary alicyclic amines) is 1. The van der Waals surface area contributed by atoms with Crippen molar-refractivity contribution in [3.63, 3.8) is 0 Å². The predicted octanol–water partition coefficient (Wildman–Crippen LogP) is 2.25. The zero-order chi connectivity index (χ0) is 15.9. The average Bonchev–Trinajstić information content (AvgIpc) is 2.46. The number of hydrogen-bond acceptors (Lipinski definition) is 3. The van der Waals surface area contributed by atoms with E-state index in [4.69, 9.17) is 28.3 Å². The Bertz CT molecular complexity index is 485. The SMILES string of the molecule is O=C(NCCO)NC1CCN(Cc2cc(Cl)cc(Cl)c2)CC1. The number of carbonyl (C=O) groups excluding carboxylic acids is 1. The van der Waals surface area contributed by atoms with Gasteiger partial charge in [0.25, 0.3) is 0 Å². The number of piperidine rings is 1. The Balaban J connectivity index is 1.76. The summed E-state index contributed by atoms with van der Waals surface area (Å²) < 4.78 is 0. The zero-order valence-corrected chi connectivity index (χ0v) is 13.8. The smallest absolute Gasteiger partial charge is 0.315 e. The Kier molecular flexibility index (Phi) is 6.76. The van der Waals surface area contributed by atoms with Crippen molar-refractivity contribution in [2.24, 2.45) is 0 Å². The number of aliphatic hydroxyl groups is 1. The van der Waals surface area contributed by atoms with Gasteiger partial charge in [0.05, 0.1) is 6.61 Å². The fourth-order valence-electron chi connectivity index (χ4n) is 2.60. The van der Waals surface area contributed by atoms with E-state index in [9.17, 15) is 4.79 Å². The van der Waals surface area contributed by atoms with Crippen molar-refractivity contribution >= 4 is 29.2 Å². The molecule has 1 aliphatic rings. The van der Waals surface area contributed by atoms with Crippen LogP contribution >= 0.6 is 23.2 Å². The fourth-order valence-corrected chi connectivity index (χ4v) is 3.17. The van der Waals surface area contributed by atoms with Crippen LogP contribution in [0.1, 0.15) is 18.4 Å². The molecule has 0 unspecified atom stereocenters. The monoisotopic (exact) mass is 345 g/mol. The van der Waals surface area contributed by atoms with Gasteiger partial charge in [-0.15, -0.1) is 0 Å². The number of hydrogen-bond donors (Lipinski definition) is 3. The molecule has 1 fully saturated rings. The first kappa shape index (κ1) is 17.3. The Morgan fingerprint density at radius 3 is 2.45 bits per heavy atom. The highest BCUT2D eigenvalue weighted by atomic mass is 35.5. The Morgan fingerprint density at radius 1 is 1.23 bits per heavy atom. The van der Waals surface area contributed by atoms with E-state index in [0.717, 1.165) is 38.0 Å². The number of halogens is 2. The van der Waals surface area contributed by atoms with Crippen LogP contribution in [-0.4, -0.2) is 48.3 Å². The molecule has 1 saturated heterocycles. The molecule has 1 aliphatic heterocycles. The highest BCUT2D eigenvalue weighted by Gasteiger charge is 2.20. The number of carbonyl (C=O) groups is 1. The third-order valence-corrected chi connectivity index (χ3v) is 4.09. The maximum atomic E-state index is 11.5. The van der Waals surface area contributed by atoms with Crippen LogP contribution in [-0.2, 0) is 6.54 Å². The molecule has 5 nitrogen and oxygen atoms in total. The number of benzene rings is 1. The molecule has 0 aliphatic carbocycles.